The summed E-state index contributed by atoms with van der Waals surface area (Å²) in [4.78, 5) is 31.2. The third-order valence-electron chi connectivity index (χ3n) is 7.03. The van der Waals surface area contributed by atoms with Gasteiger partial charge in [0.25, 0.3) is 0 Å². The fourth-order valence-corrected chi connectivity index (χ4v) is 4.94. The summed E-state index contributed by atoms with van der Waals surface area (Å²) in [6.07, 6.45) is 9.67. The Balaban J connectivity index is 1.46. The molecule has 2 aliphatic rings. The van der Waals surface area contributed by atoms with Gasteiger partial charge in [0.05, 0.1) is 23.1 Å². The third kappa shape index (κ3) is 5.08. The number of hydrogen-bond donors (Lipinski definition) is 1. The molecule has 1 atom stereocenters. The van der Waals surface area contributed by atoms with E-state index in [0.717, 1.165) is 68.5 Å². The van der Waals surface area contributed by atoms with Crippen LogP contribution in [0.4, 0.5) is 4.39 Å². The van der Waals surface area contributed by atoms with Gasteiger partial charge in [0.15, 0.2) is 0 Å². The number of likely N-dealkylation sites (N-methyl/N-ethyl adjacent to an activating group) is 1. The molecule has 0 aromatic carbocycles. The fourth-order valence-electron chi connectivity index (χ4n) is 4.94. The Morgan fingerprint density at radius 3 is 2.62 bits per heavy atom. The highest BCUT2D eigenvalue weighted by Gasteiger charge is 2.30. The van der Waals surface area contributed by atoms with Crippen LogP contribution in [0.15, 0.2) is 42.9 Å². The Kier molecular flexibility index (Phi) is 6.78. The molecule has 4 heterocycles. The zero-order valence-electron chi connectivity index (χ0n) is 19.6. The van der Waals surface area contributed by atoms with Gasteiger partial charge in [-0.3, -0.25) is 19.7 Å². The van der Waals surface area contributed by atoms with E-state index in [1.54, 1.807) is 12.4 Å². The van der Waals surface area contributed by atoms with Crippen molar-refractivity contribution in [1.82, 2.24) is 30.1 Å². The van der Waals surface area contributed by atoms with Crippen molar-refractivity contribution in [2.45, 2.75) is 38.3 Å². The first kappa shape index (κ1) is 22.8. The second kappa shape index (κ2) is 10.1. The summed E-state index contributed by atoms with van der Waals surface area (Å²) in [6, 6.07) is 7.17. The van der Waals surface area contributed by atoms with Gasteiger partial charge in [0.1, 0.15) is 12.0 Å². The molecule has 3 aromatic heterocycles. The number of nitrogens with one attached hydrogen (secondary N) is 1. The summed E-state index contributed by atoms with van der Waals surface area (Å²) < 4.78 is 13.7. The number of carbonyl (C=O) groups excluding carboxylic acids is 1. The minimum atomic E-state index is -0.393. The smallest absolute Gasteiger partial charge is 0.224 e. The van der Waals surface area contributed by atoms with E-state index in [1.165, 1.54) is 18.7 Å². The van der Waals surface area contributed by atoms with Gasteiger partial charge in [-0.25, -0.2) is 9.37 Å². The number of hydrogen-bond acceptors (Lipinski definition) is 6. The largest absolute Gasteiger partial charge is 0.335 e. The standard InChI is InChI=1S/C26H31FN6O/c1-32-9-11-33(12-10-32)25(31-26(34)18-5-3-2-4-6-18)24-14-23-19(16-29-24)7-8-22(30-23)20-13-21(27)17-28-15-20/h7-8,13-18,25H,2-6,9-12H2,1H3,(H,31,34). The maximum atomic E-state index is 13.7. The van der Waals surface area contributed by atoms with Gasteiger partial charge in [-0.15, -0.1) is 0 Å². The molecule has 3 aromatic rings. The van der Waals surface area contributed by atoms with Gasteiger partial charge in [-0.1, -0.05) is 19.3 Å². The van der Waals surface area contributed by atoms with Crippen LogP contribution in [0.2, 0.25) is 0 Å². The highest BCUT2D eigenvalue weighted by molar-refractivity contribution is 5.82. The Morgan fingerprint density at radius 1 is 1.06 bits per heavy atom. The molecule has 1 N–H and O–H groups in total. The average molecular weight is 463 g/mol. The fraction of sp³-hybridized carbons (Fsp3) is 0.462. The van der Waals surface area contributed by atoms with Crippen molar-refractivity contribution in [3.8, 4) is 11.3 Å². The van der Waals surface area contributed by atoms with Crippen LogP contribution in [0.1, 0.15) is 44.0 Å². The minimum absolute atomic E-state index is 0.0781. The van der Waals surface area contributed by atoms with E-state index < -0.39 is 5.82 Å². The summed E-state index contributed by atoms with van der Waals surface area (Å²) in [5.74, 6) is -0.192. The van der Waals surface area contributed by atoms with Crippen LogP contribution in [-0.4, -0.2) is 63.9 Å². The Bertz CT molecular complexity index is 1160. The quantitative estimate of drug-likeness (QED) is 0.622. The van der Waals surface area contributed by atoms with Crippen LogP contribution in [0, 0.1) is 11.7 Å². The molecule has 0 spiro atoms. The van der Waals surface area contributed by atoms with Crippen LogP contribution in [0.5, 0.6) is 0 Å². The van der Waals surface area contributed by atoms with Gasteiger partial charge in [-0.2, -0.15) is 0 Å². The number of halogens is 1. The lowest BCUT2D eigenvalue weighted by Gasteiger charge is -2.38. The topological polar surface area (TPSA) is 74.2 Å². The molecule has 0 radical (unpaired) electrons. The average Bonchev–Trinajstić information content (AvgIpc) is 2.87. The van der Waals surface area contributed by atoms with Gasteiger partial charge in [0.2, 0.25) is 5.91 Å². The van der Waals surface area contributed by atoms with E-state index in [0.29, 0.717) is 11.3 Å². The van der Waals surface area contributed by atoms with E-state index in [2.05, 4.69) is 27.1 Å². The summed E-state index contributed by atoms with van der Waals surface area (Å²) >= 11 is 0. The normalized spacial score (nSPS) is 19.2. The molecule has 5 rings (SSSR count). The summed E-state index contributed by atoms with van der Waals surface area (Å²) in [6.45, 7) is 3.60. The third-order valence-corrected chi connectivity index (χ3v) is 7.03. The maximum Gasteiger partial charge on any atom is 0.224 e. The highest BCUT2D eigenvalue weighted by Crippen LogP contribution is 2.27. The number of amides is 1. The second-order valence-corrected chi connectivity index (χ2v) is 9.48. The summed E-state index contributed by atoms with van der Waals surface area (Å²) in [5.41, 5.74) is 2.82. The second-order valence-electron chi connectivity index (χ2n) is 9.48. The molecule has 1 aliphatic carbocycles. The zero-order chi connectivity index (χ0) is 23.5. The molecule has 1 aliphatic heterocycles. The van der Waals surface area contributed by atoms with Crippen LogP contribution in [0.3, 0.4) is 0 Å². The molecule has 34 heavy (non-hydrogen) atoms. The lowest BCUT2D eigenvalue weighted by atomic mass is 9.88. The van der Waals surface area contributed by atoms with Crippen molar-refractivity contribution in [3.63, 3.8) is 0 Å². The molecule has 1 saturated heterocycles. The first-order valence-corrected chi connectivity index (χ1v) is 12.2. The summed E-state index contributed by atoms with van der Waals surface area (Å²) in [5, 5.41) is 4.22. The number of aromatic nitrogens is 3. The first-order valence-electron chi connectivity index (χ1n) is 12.2. The molecular weight excluding hydrogens is 431 g/mol. The van der Waals surface area contributed by atoms with Gasteiger partial charge < -0.3 is 10.2 Å². The molecule has 2 fully saturated rings. The maximum absolute atomic E-state index is 13.7. The number of nitrogens with zero attached hydrogens (tertiary/aromatic N) is 5. The lowest BCUT2D eigenvalue weighted by Crippen LogP contribution is -2.51. The predicted octanol–water partition coefficient (Wildman–Crippen LogP) is 3.77. The molecular formula is C26H31FN6O. The SMILES string of the molecule is CN1CCN(C(NC(=O)C2CCCCC2)c2cc3nc(-c4cncc(F)c4)ccc3cn2)CC1. The molecule has 1 amide bonds. The van der Waals surface area contributed by atoms with Crippen LogP contribution in [-0.2, 0) is 4.79 Å². The van der Waals surface area contributed by atoms with Crippen molar-refractivity contribution >= 4 is 16.8 Å². The Labute approximate surface area is 199 Å². The molecule has 7 nitrogen and oxygen atoms in total. The number of fused-ring (bicyclic) bond motifs is 1. The molecule has 1 unspecified atom stereocenters. The Morgan fingerprint density at radius 2 is 1.85 bits per heavy atom. The van der Waals surface area contributed by atoms with Gasteiger partial charge >= 0.3 is 0 Å². The van der Waals surface area contributed by atoms with Crippen molar-refractivity contribution in [2.24, 2.45) is 5.92 Å². The van der Waals surface area contributed by atoms with Crippen molar-refractivity contribution in [3.05, 3.63) is 54.4 Å². The van der Waals surface area contributed by atoms with Gasteiger partial charge in [0, 0.05) is 55.4 Å². The first-order chi connectivity index (χ1) is 16.6. The van der Waals surface area contributed by atoms with E-state index in [-0.39, 0.29) is 18.0 Å². The van der Waals surface area contributed by atoms with Gasteiger partial charge in [-0.05, 0) is 44.2 Å². The molecule has 178 valence electrons. The number of piperazine rings is 1. The predicted molar refractivity (Wildman–Crippen MR) is 129 cm³/mol. The van der Waals surface area contributed by atoms with E-state index in [1.807, 2.05) is 18.2 Å². The van der Waals surface area contributed by atoms with E-state index in [9.17, 15) is 9.18 Å². The number of pyridine rings is 3. The van der Waals surface area contributed by atoms with Crippen molar-refractivity contribution in [1.29, 1.82) is 0 Å². The number of rotatable bonds is 5. The highest BCUT2D eigenvalue weighted by atomic mass is 19.1. The summed E-state index contributed by atoms with van der Waals surface area (Å²) in [7, 11) is 2.12. The number of carbonyl (C=O) groups is 1. The van der Waals surface area contributed by atoms with Crippen molar-refractivity contribution < 1.29 is 9.18 Å². The molecule has 1 saturated carbocycles. The Hall–Kier alpha value is -2.97. The molecule has 0 bridgehead atoms. The zero-order valence-corrected chi connectivity index (χ0v) is 19.6. The minimum Gasteiger partial charge on any atom is -0.335 e. The van der Waals surface area contributed by atoms with Crippen LogP contribution < -0.4 is 5.32 Å². The van der Waals surface area contributed by atoms with Crippen molar-refractivity contribution in [2.75, 3.05) is 33.2 Å². The van der Waals surface area contributed by atoms with Crippen LogP contribution >= 0.6 is 0 Å². The lowest BCUT2D eigenvalue weighted by molar-refractivity contribution is -0.128. The van der Waals surface area contributed by atoms with Crippen LogP contribution in [0.25, 0.3) is 22.2 Å². The monoisotopic (exact) mass is 462 g/mol. The molecule has 8 heteroatoms. The van der Waals surface area contributed by atoms with E-state index >= 15 is 0 Å². The van der Waals surface area contributed by atoms with E-state index in [4.69, 9.17) is 9.97 Å².